The van der Waals surface area contributed by atoms with Gasteiger partial charge in [-0.2, -0.15) is 11.8 Å². The Hall–Kier alpha value is -0.220. The fourth-order valence-corrected chi connectivity index (χ4v) is 1.84. The lowest BCUT2D eigenvalue weighted by atomic mass is 10.2. The molecule has 0 unspecified atom stereocenters. The molecule has 1 atom stereocenters. The van der Waals surface area contributed by atoms with Crippen LogP contribution in [-0.2, 0) is 4.79 Å². The van der Waals surface area contributed by atoms with Crippen LogP contribution >= 0.6 is 11.8 Å². The minimum absolute atomic E-state index is 0.565. The molecule has 0 aliphatic rings. The Morgan fingerprint density at radius 2 is 2.17 bits per heavy atom. The average Bonchev–Trinajstić information content (AvgIpc) is 1.97. The van der Waals surface area contributed by atoms with Crippen LogP contribution in [0, 0.1) is 5.92 Å². The molecule has 0 radical (unpaired) electrons. The maximum absolute atomic E-state index is 10.2. The van der Waals surface area contributed by atoms with Crippen LogP contribution in [0.1, 0.15) is 20.3 Å². The number of rotatable bonds is 6. The number of aliphatic carboxylic acids is 1. The van der Waals surface area contributed by atoms with E-state index in [9.17, 15) is 9.90 Å². The first-order valence-corrected chi connectivity index (χ1v) is 5.31. The number of hydrogen-bond acceptors (Lipinski definition) is 3. The van der Waals surface area contributed by atoms with Crippen molar-refractivity contribution in [2.45, 2.75) is 26.3 Å². The summed E-state index contributed by atoms with van der Waals surface area (Å²) in [6.07, 6.45) is 1.13. The van der Waals surface area contributed by atoms with Gasteiger partial charge in [0.15, 0.2) is 0 Å². The van der Waals surface area contributed by atoms with Crippen molar-refractivity contribution in [1.29, 1.82) is 0 Å². The Labute approximate surface area is 77.7 Å². The number of thioether (sulfide) groups is 1. The fraction of sp³-hybridized carbons (Fsp3) is 0.875. The van der Waals surface area contributed by atoms with Gasteiger partial charge in [0.25, 0.3) is 0 Å². The zero-order valence-electron chi connectivity index (χ0n) is 7.71. The van der Waals surface area contributed by atoms with Gasteiger partial charge in [-0.15, -0.1) is 0 Å². The molecule has 3 nitrogen and oxygen atoms in total. The van der Waals surface area contributed by atoms with E-state index in [1.165, 1.54) is 0 Å². The van der Waals surface area contributed by atoms with Crippen molar-refractivity contribution < 1.29 is 15.6 Å². The van der Waals surface area contributed by atoms with Gasteiger partial charge in [-0.25, -0.2) is 0 Å². The van der Waals surface area contributed by atoms with E-state index in [1.807, 2.05) is 0 Å². The molecule has 0 rings (SSSR count). The molecule has 0 aliphatic heterocycles. The molecule has 0 heterocycles. The maximum atomic E-state index is 10.2. The molecule has 4 heteroatoms. The first kappa shape index (κ1) is 11.8. The van der Waals surface area contributed by atoms with Crippen LogP contribution in [0.15, 0.2) is 0 Å². The van der Waals surface area contributed by atoms with Gasteiger partial charge >= 0.3 is 0 Å². The molecule has 0 saturated heterocycles. The van der Waals surface area contributed by atoms with Gasteiger partial charge in [0, 0.05) is 0 Å². The minimum atomic E-state index is -1.05. The lowest BCUT2D eigenvalue weighted by molar-refractivity contribution is -0.431. The smallest absolute Gasteiger partial charge is 0.134 e. The lowest BCUT2D eigenvalue weighted by Gasteiger charge is -2.09. The maximum Gasteiger partial charge on any atom is 0.134 e. The monoisotopic (exact) mass is 191 g/mol. The molecule has 0 fully saturated rings. The van der Waals surface area contributed by atoms with E-state index in [2.05, 4.69) is 19.6 Å². The topological polar surface area (TPSA) is 67.8 Å². The van der Waals surface area contributed by atoms with Crippen molar-refractivity contribution in [1.82, 2.24) is 0 Å². The highest BCUT2D eigenvalue weighted by Crippen LogP contribution is 2.08. The van der Waals surface area contributed by atoms with Crippen molar-refractivity contribution in [2.24, 2.45) is 5.92 Å². The molecule has 0 saturated carbocycles. The first-order chi connectivity index (χ1) is 5.54. The quantitative estimate of drug-likeness (QED) is 0.555. The van der Waals surface area contributed by atoms with Crippen LogP contribution in [0.25, 0.3) is 0 Å². The third-order valence-corrected chi connectivity index (χ3v) is 2.65. The number of carboxylic acid groups (broad SMARTS) is 1. The zero-order chi connectivity index (χ0) is 9.56. The molecule has 0 spiro atoms. The largest absolute Gasteiger partial charge is 0.544 e. The Bertz CT molecular complexity index is 139. The Balaban J connectivity index is 3.25. The normalized spacial score (nSPS) is 13.3. The molecule has 0 aromatic rings. The van der Waals surface area contributed by atoms with E-state index in [-0.39, 0.29) is 0 Å². The average molecular weight is 191 g/mol. The molecule has 0 bridgehead atoms. The molecule has 12 heavy (non-hydrogen) atoms. The van der Waals surface area contributed by atoms with Gasteiger partial charge < -0.3 is 15.6 Å². The number of hydrogen-bond donors (Lipinski definition) is 1. The summed E-state index contributed by atoms with van der Waals surface area (Å²) in [5.41, 5.74) is 3.47. The summed E-state index contributed by atoms with van der Waals surface area (Å²) in [5.74, 6) is 1.21. The SMILES string of the molecule is CC(C)CCSC[C@@H]([NH3+])C(=O)[O-]. The summed E-state index contributed by atoms with van der Waals surface area (Å²) in [6.45, 7) is 4.31. The van der Waals surface area contributed by atoms with Gasteiger partial charge in [0.05, 0.1) is 11.7 Å². The van der Waals surface area contributed by atoms with E-state index in [4.69, 9.17) is 0 Å². The highest BCUT2D eigenvalue weighted by atomic mass is 32.2. The summed E-state index contributed by atoms with van der Waals surface area (Å²) in [4.78, 5) is 10.2. The molecule has 0 amide bonds. The van der Waals surface area contributed by atoms with E-state index in [1.54, 1.807) is 11.8 Å². The van der Waals surface area contributed by atoms with Gasteiger partial charge in [0.1, 0.15) is 6.04 Å². The van der Waals surface area contributed by atoms with Crippen LogP contribution in [0.4, 0.5) is 0 Å². The standard InChI is InChI=1S/C8H17NO2S/c1-6(2)3-4-12-5-7(9)8(10)11/h6-7H,3-5,9H2,1-2H3,(H,10,11)/t7-/m1/s1. The predicted octanol–water partition coefficient (Wildman–Crippen LogP) is -0.874. The second-order valence-corrected chi connectivity index (χ2v) is 4.42. The minimum Gasteiger partial charge on any atom is -0.544 e. The van der Waals surface area contributed by atoms with Crippen LogP contribution in [0.2, 0.25) is 0 Å². The van der Waals surface area contributed by atoms with Gasteiger partial charge in [-0.05, 0) is 18.1 Å². The van der Waals surface area contributed by atoms with Gasteiger partial charge in [-0.3, -0.25) is 0 Å². The Kier molecular flexibility index (Phi) is 6.20. The van der Waals surface area contributed by atoms with Crippen molar-refractivity contribution >= 4 is 17.7 Å². The number of carbonyl (C=O) groups is 1. The Morgan fingerprint density at radius 3 is 2.58 bits per heavy atom. The van der Waals surface area contributed by atoms with E-state index >= 15 is 0 Å². The molecule has 0 aromatic heterocycles. The molecule has 0 aliphatic carbocycles. The van der Waals surface area contributed by atoms with E-state index in [0.29, 0.717) is 11.7 Å². The van der Waals surface area contributed by atoms with Gasteiger partial charge in [0.2, 0.25) is 0 Å². The predicted molar refractivity (Wildman–Crippen MR) is 48.5 cm³/mol. The van der Waals surface area contributed by atoms with Crippen molar-refractivity contribution in [2.75, 3.05) is 11.5 Å². The summed E-state index contributed by atoms with van der Waals surface area (Å²) in [7, 11) is 0. The van der Waals surface area contributed by atoms with Crippen molar-refractivity contribution in [3.05, 3.63) is 0 Å². The summed E-state index contributed by atoms with van der Waals surface area (Å²) < 4.78 is 0. The summed E-state index contributed by atoms with van der Waals surface area (Å²) in [5, 5.41) is 10.2. The molecule has 72 valence electrons. The van der Waals surface area contributed by atoms with Crippen LogP contribution in [0.3, 0.4) is 0 Å². The lowest BCUT2D eigenvalue weighted by Crippen LogP contribution is -2.69. The number of quaternary nitrogens is 1. The zero-order valence-corrected chi connectivity index (χ0v) is 8.52. The van der Waals surface area contributed by atoms with Gasteiger partial charge in [-0.1, -0.05) is 13.8 Å². The third-order valence-electron chi connectivity index (χ3n) is 1.49. The second-order valence-electron chi connectivity index (χ2n) is 3.27. The van der Waals surface area contributed by atoms with Crippen LogP contribution in [0.5, 0.6) is 0 Å². The molecular weight excluding hydrogens is 174 g/mol. The second kappa shape index (κ2) is 6.31. The molecular formula is C8H17NO2S. The van der Waals surface area contributed by atoms with Crippen LogP contribution < -0.4 is 10.8 Å². The Morgan fingerprint density at radius 1 is 1.58 bits per heavy atom. The highest BCUT2D eigenvalue weighted by molar-refractivity contribution is 7.99. The van der Waals surface area contributed by atoms with Crippen LogP contribution in [-0.4, -0.2) is 23.5 Å². The van der Waals surface area contributed by atoms with E-state index < -0.39 is 12.0 Å². The molecule has 0 aromatic carbocycles. The first-order valence-electron chi connectivity index (χ1n) is 4.15. The fourth-order valence-electron chi connectivity index (χ4n) is 0.613. The number of carbonyl (C=O) groups excluding carboxylic acids is 1. The summed E-state index contributed by atoms with van der Waals surface area (Å²) >= 11 is 1.63. The van der Waals surface area contributed by atoms with Crippen molar-refractivity contribution in [3.8, 4) is 0 Å². The molecule has 3 N–H and O–H groups in total. The highest BCUT2D eigenvalue weighted by Gasteiger charge is 2.06. The van der Waals surface area contributed by atoms with E-state index in [0.717, 1.165) is 12.2 Å². The summed E-state index contributed by atoms with van der Waals surface area (Å²) in [6, 6.07) is -0.567. The van der Waals surface area contributed by atoms with Crippen molar-refractivity contribution in [3.63, 3.8) is 0 Å². The third kappa shape index (κ3) is 6.49. The number of carboxylic acids is 1.